The molecule has 1 atom stereocenters. The predicted octanol–water partition coefficient (Wildman–Crippen LogP) is 2.54. The highest BCUT2D eigenvalue weighted by molar-refractivity contribution is 5.26. The predicted molar refractivity (Wildman–Crippen MR) is 81.9 cm³/mol. The Balaban J connectivity index is 2.13. The number of nitrogens with one attached hydrogen (secondary N) is 1. The monoisotopic (exact) mass is 279 g/mol. The van der Waals surface area contributed by atoms with Crippen LogP contribution in [0.1, 0.15) is 50.6 Å². The van der Waals surface area contributed by atoms with Gasteiger partial charge in [0.05, 0.1) is 12.3 Å². The van der Waals surface area contributed by atoms with Crippen molar-refractivity contribution in [3.63, 3.8) is 0 Å². The first-order valence-corrected chi connectivity index (χ1v) is 8.15. The van der Waals surface area contributed by atoms with Crippen LogP contribution in [0.2, 0.25) is 0 Å². The van der Waals surface area contributed by atoms with Crippen LogP contribution in [0.25, 0.3) is 0 Å². The number of hydrogen-bond donors (Lipinski definition) is 1. The summed E-state index contributed by atoms with van der Waals surface area (Å²) in [6.07, 6.45) is 4.43. The average molecular weight is 279 g/mol. The average Bonchev–Trinajstić information content (AvgIpc) is 3.07. The smallest absolute Gasteiger partial charge is 0.0669 e. The maximum atomic E-state index is 5.49. The summed E-state index contributed by atoms with van der Waals surface area (Å²) in [4.78, 5) is 0. The van der Waals surface area contributed by atoms with Crippen LogP contribution >= 0.6 is 0 Å². The lowest BCUT2D eigenvalue weighted by Gasteiger charge is -2.12. The molecule has 1 aliphatic heterocycles. The third-order valence-corrected chi connectivity index (χ3v) is 4.10. The van der Waals surface area contributed by atoms with Gasteiger partial charge in [0, 0.05) is 36.9 Å². The van der Waals surface area contributed by atoms with Gasteiger partial charge in [-0.2, -0.15) is 5.10 Å². The van der Waals surface area contributed by atoms with Gasteiger partial charge in [0.25, 0.3) is 0 Å². The van der Waals surface area contributed by atoms with E-state index >= 15 is 0 Å². The number of hydrogen-bond acceptors (Lipinski definition) is 3. The summed E-state index contributed by atoms with van der Waals surface area (Å²) < 4.78 is 7.74. The lowest BCUT2D eigenvalue weighted by molar-refractivity contribution is 0.181. The summed E-state index contributed by atoms with van der Waals surface area (Å²) >= 11 is 0. The van der Waals surface area contributed by atoms with E-state index in [-0.39, 0.29) is 0 Å². The van der Waals surface area contributed by atoms with Crippen molar-refractivity contribution < 1.29 is 4.74 Å². The largest absolute Gasteiger partial charge is 0.381 e. The minimum absolute atomic E-state index is 0.640. The van der Waals surface area contributed by atoms with Gasteiger partial charge in [-0.15, -0.1) is 0 Å². The Hall–Kier alpha value is -0.870. The molecule has 2 heterocycles. The molecule has 1 unspecified atom stereocenters. The molecule has 0 aromatic carbocycles. The zero-order chi connectivity index (χ0) is 14.4. The van der Waals surface area contributed by atoms with Crippen molar-refractivity contribution in [3.05, 3.63) is 17.0 Å². The van der Waals surface area contributed by atoms with Gasteiger partial charge in [0.1, 0.15) is 0 Å². The molecule has 1 N–H and O–H groups in total. The van der Waals surface area contributed by atoms with Crippen molar-refractivity contribution >= 4 is 0 Å². The molecule has 0 amide bonds. The standard InChI is InChI=1S/C16H29N3O/c1-4-8-17-10-14-15(5-2)18-19(16(14)6-3)11-13-7-9-20-12-13/h13,17H,4-12H2,1-3H3. The third-order valence-electron chi connectivity index (χ3n) is 4.10. The Labute approximate surface area is 122 Å². The second-order valence-electron chi connectivity index (χ2n) is 5.67. The van der Waals surface area contributed by atoms with E-state index in [9.17, 15) is 0 Å². The van der Waals surface area contributed by atoms with Gasteiger partial charge in [-0.05, 0) is 32.2 Å². The first kappa shape index (κ1) is 15.5. The van der Waals surface area contributed by atoms with Gasteiger partial charge in [-0.25, -0.2) is 0 Å². The maximum absolute atomic E-state index is 5.49. The summed E-state index contributed by atoms with van der Waals surface area (Å²) in [5.74, 6) is 0.640. The van der Waals surface area contributed by atoms with Crippen molar-refractivity contribution in [1.82, 2.24) is 15.1 Å². The molecule has 4 nitrogen and oxygen atoms in total. The molecule has 0 aliphatic carbocycles. The molecule has 2 rings (SSSR count). The second-order valence-corrected chi connectivity index (χ2v) is 5.67. The number of nitrogens with zero attached hydrogens (tertiary/aromatic N) is 2. The fraction of sp³-hybridized carbons (Fsp3) is 0.812. The molecular weight excluding hydrogens is 250 g/mol. The van der Waals surface area contributed by atoms with Crippen LogP contribution in [-0.4, -0.2) is 29.5 Å². The van der Waals surface area contributed by atoms with Crippen LogP contribution < -0.4 is 5.32 Å². The first-order valence-electron chi connectivity index (χ1n) is 8.15. The van der Waals surface area contributed by atoms with E-state index in [1.807, 2.05) is 0 Å². The lowest BCUT2D eigenvalue weighted by Crippen LogP contribution is -2.17. The number of aromatic nitrogens is 2. The zero-order valence-electron chi connectivity index (χ0n) is 13.2. The van der Waals surface area contributed by atoms with Gasteiger partial charge >= 0.3 is 0 Å². The van der Waals surface area contributed by atoms with Crippen LogP contribution in [0.15, 0.2) is 0 Å². The lowest BCUT2D eigenvalue weighted by atomic mass is 10.1. The van der Waals surface area contributed by atoms with Crippen molar-refractivity contribution in [2.45, 2.75) is 59.5 Å². The van der Waals surface area contributed by atoms with E-state index in [2.05, 4.69) is 30.8 Å². The zero-order valence-corrected chi connectivity index (χ0v) is 13.2. The molecular formula is C16H29N3O. The fourth-order valence-corrected chi connectivity index (χ4v) is 2.99. The van der Waals surface area contributed by atoms with E-state index in [0.29, 0.717) is 5.92 Å². The number of ether oxygens (including phenoxy) is 1. The van der Waals surface area contributed by atoms with Gasteiger partial charge in [-0.3, -0.25) is 4.68 Å². The summed E-state index contributed by atoms with van der Waals surface area (Å²) in [6, 6.07) is 0. The summed E-state index contributed by atoms with van der Waals surface area (Å²) in [6.45, 7) is 11.5. The van der Waals surface area contributed by atoms with Crippen LogP contribution in [0.5, 0.6) is 0 Å². The highest BCUT2D eigenvalue weighted by atomic mass is 16.5. The fourth-order valence-electron chi connectivity index (χ4n) is 2.99. The Morgan fingerprint density at radius 1 is 1.30 bits per heavy atom. The van der Waals surface area contributed by atoms with Crippen molar-refractivity contribution in [2.24, 2.45) is 5.92 Å². The molecule has 0 spiro atoms. The van der Waals surface area contributed by atoms with Gasteiger partial charge in [0.15, 0.2) is 0 Å². The summed E-state index contributed by atoms with van der Waals surface area (Å²) in [5.41, 5.74) is 4.11. The Kier molecular flexibility index (Phi) is 6.05. The van der Waals surface area contributed by atoms with E-state index in [1.54, 1.807) is 0 Å². The molecule has 0 bridgehead atoms. The van der Waals surface area contributed by atoms with Crippen molar-refractivity contribution in [2.75, 3.05) is 19.8 Å². The minimum atomic E-state index is 0.640. The molecule has 1 aromatic rings. The highest BCUT2D eigenvalue weighted by Crippen LogP contribution is 2.20. The van der Waals surface area contributed by atoms with E-state index in [1.165, 1.54) is 29.8 Å². The van der Waals surface area contributed by atoms with Crippen LogP contribution in [-0.2, 0) is 30.7 Å². The molecule has 0 radical (unpaired) electrons. The quantitative estimate of drug-likeness (QED) is 0.743. The normalized spacial score (nSPS) is 18.9. The minimum Gasteiger partial charge on any atom is -0.381 e. The van der Waals surface area contributed by atoms with Crippen molar-refractivity contribution in [3.8, 4) is 0 Å². The molecule has 1 aliphatic rings. The van der Waals surface area contributed by atoms with E-state index < -0.39 is 0 Å². The highest BCUT2D eigenvalue weighted by Gasteiger charge is 2.20. The third kappa shape index (κ3) is 3.61. The van der Waals surface area contributed by atoms with Gasteiger partial charge in [-0.1, -0.05) is 20.8 Å². The number of aryl methyl sites for hydroxylation is 1. The number of rotatable bonds is 8. The topological polar surface area (TPSA) is 39.1 Å². The molecule has 0 saturated carbocycles. The molecule has 20 heavy (non-hydrogen) atoms. The Morgan fingerprint density at radius 3 is 2.75 bits per heavy atom. The Morgan fingerprint density at radius 2 is 2.15 bits per heavy atom. The molecule has 1 saturated heterocycles. The Bertz CT molecular complexity index is 408. The second kappa shape index (κ2) is 7.79. The molecule has 1 aromatic heterocycles. The van der Waals surface area contributed by atoms with Crippen LogP contribution in [0.3, 0.4) is 0 Å². The van der Waals surface area contributed by atoms with E-state index in [0.717, 1.165) is 45.7 Å². The molecule has 1 fully saturated rings. The van der Waals surface area contributed by atoms with E-state index in [4.69, 9.17) is 9.84 Å². The van der Waals surface area contributed by atoms with Crippen LogP contribution in [0.4, 0.5) is 0 Å². The van der Waals surface area contributed by atoms with Gasteiger partial charge < -0.3 is 10.1 Å². The van der Waals surface area contributed by atoms with Crippen molar-refractivity contribution in [1.29, 1.82) is 0 Å². The SMILES string of the molecule is CCCNCc1c(CC)nn(CC2CCOC2)c1CC. The first-order chi connectivity index (χ1) is 9.80. The maximum Gasteiger partial charge on any atom is 0.0669 e. The summed E-state index contributed by atoms with van der Waals surface area (Å²) in [7, 11) is 0. The molecule has 4 heteroatoms. The molecule has 114 valence electrons. The van der Waals surface area contributed by atoms with Gasteiger partial charge in [0.2, 0.25) is 0 Å². The summed E-state index contributed by atoms with van der Waals surface area (Å²) in [5, 5.41) is 8.39. The van der Waals surface area contributed by atoms with Crippen LogP contribution in [0, 0.1) is 5.92 Å².